The van der Waals surface area contributed by atoms with E-state index in [2.05, 4.69) is 0 Å². The number of carbonyl (C=O) groups excluding carboxylic acids is 1. The fourth-order valence-electron chi connectivity index (χ4n) is 2.52. The van der Waals surface area contributed by atoms with Crippen molar-refractivity contribution in [2.24, 2.45) is 0 Å². The molecule has 0 spiro atoms. The minimum Gasteiger partial charge on any atom is -0.490 e. The van der Waals surface area contributed by atoms with Gasteiger partial charge in [-0.15, -0.1) is 0 Å². The fourth-order valence-corrected chi connectivity index (χ4v) is 4.64. The van der Waals surface area contributed by atoms with Gasteiger partial charge in [-0.1, -0.05) is 47.7 Å². The maximum atomic E-state index is 12.6. The molecule has 0 N–H and O–H groups in total. The van der Waals surface area contributed by atoms with Crippen LogP contribution in [0.4, 0.5) is 0 Å². The number of thiocarbonyl (C=S) groups is 1. The first-order valence-electron chi connectivity index (χ1n) is 8.71. The molecule has 0 radical (unpaired) electrons. The first kappa shape index (κ1) is 21.4. The lowest BCUT2D eigenvalue weighted by atomic mass is 10.2. The van der Waals surface area contributed by atoms with Gasteiger partial charge in [-0.3, -0.25) is 9.69 Å². The number of carbonyl (C=O) groups is 1. The van der Waals surface area contributed by atoms with Crippen molar-refractivity contribution in [3.05, 3.63) is 58.5 Å². The quantitative estimate of drug-likeness (QED) is 0.375. The van der Waals surface area contributed by atoms with Gasteiger partial charge >= 0.3 is 10.1 Å². The van der Waals surface area contributed by atoms with Crippen molar-refractivity contribution < 1.29 is 22.1 Å². The molecule has 2 aromatic carbocycles. The molecule has 9 heteroatoms. The molecule has 3 rings (SSSR count). The molecule has 6 nitrogen and oxygen atoms in total. The first-order valence-corrected chi connectivity index (χ1v) is 11.3. The molecule has 1 aliphatic heterocycles. The predicted octanol–water partition coefficient (Wildman–Crippen LogP) is 3.99. The second-order valence-corrected chi connectivity index (χ2v) is 9.45. The number of amides is 1. The molecule has 29 heavy (non-hydrogen) atoms. The van der Waals surface area contributed by atoms with E-state index < -0.39 is 10.1 Å². The molecular weight excluding hydrogens is 430 g/mol. The number of thioether (sulfide) groups is 1. The molecule has 0 aliphatic carbocycles. The van der Waals surface area contributed by atoms with Crippen LogP contribution in [0.2, 0.25) is 0 Å². The summed E-state index contributed by atoms with van der Waals surface area (Å²) in [6.07, 6.45) is 1.68. The molecule has 1 fully saturated rings. The molecule has 0 atom stereocenters. The first-order chi connectivity index (χ1) is 13.7. The van der Waals surface area contributed by atoms with Gasteiger partial charge in [0, 0.05) is 7.05 Å². The van der Waals surface area contributed by atoms with Gasteiger partial charge in [-0.25, -0.2) is 0 Å². The highest BCUT2D eigenvalue weighted by Gasteiger charge is 2.28. The summed E-state index contributed by atoms with van der Waals surface area (Å²) in [5.74, 6) is 0.164. The SMILES string of the molecule is CCOc1cc(/C=C2/SC(=S)N(C)C2=O)ccc1OS(=O)(=O)c1ccc(C)cc1. The molecule has 2 aromatic rings. The van der Waals surface area contributed by atoms with Gasteiger partial charge in [-0.05, 0) is 49.8 Å². The van der Waals surface area contributed by atoms with E-state index in [-0.39, 0.29) is 22.3 Å². The normalized spacial score (nSPS) is 15.8. The number of benzene rings is 2. The van der Waals surface area contributed by atoms with E-state index in [9.17, 15) is 13.2 Å². The van der Waals surface area contributed by atoms with Crippen molar-refractivity contribution in [2.75, 3.05) is 13.7 Å². The van der Waals surface area contributed by atoms with Gasteiger partial charge in [0.2, 0.25) is 0 Å². The molecule has 0 bridgehead atoms. The number of ether oxygens (including phenoxy) is 1. The Balaban J connectivity index is 1.91. The number of hydrogen-bond donors (Lipinski definition) is 0. The highest BCUT2D eigenvalue weighted by Crippen LogP contribution is 2.35. The number of likely N-dealkylation sites (N-methyl/N-ethyl adjacent to an activating group) is 1. The number of aryl methyl sites for hydroxylation is 1. The number of rotatable bonds is 6. The van der Waals surface area contributed by atoms with E-state index >= 15 is 0 Å². The summed E-state index contributed by atoms with van der Waals surface area (Å²) >= 11 is 6.34. The van der Waals surface area contributed by atoms with Gasteiger partial charge in [0.15, 0.2) is 11.5 Å². The van der Waals surface area contributed by atoms with Crippen LogP contribution in [0.25, 0.3) is 6.08 Å². The minimum absolute atomic E-state index is 0.0567. The standard InChI is InChI=1S/C20H19NO5S3/c1-4-25-17-11-14(12-18-19(22)21(3)20(27)28-18)7-10-16(17)26-29(23,24)15-8-5-13(2)6-9-15/h5-12H,4H2,1-3H3/b18-12+. The minimum atomic E-state index is -4.01. The Hall–Kier alpha value is -2.36. The summed E-state index contributed by atoms with van der Waals surface area (Å²) in [4.78, 5) is 14.1. The van der Waals surface area contributed by atoms with Crippen molar-refractivity contribution in [3.63, 3.8) is 0 Å². The van der Waals surface area contributed by atoms with Crippen LogP contribution >= 0.6 is 24.0 Å². The van der Waals surface area contributed by atoms with E-state index in [0.717, 1.165) is 5.56 Å². The van der Waals surface area contributed by atoms with Crippen molar-refractivity contribution in [1.82, 2.24) is 4.90 Å². The average molecular weight is 450 g/mol. The molecule has 152 valence electrons. The van der Waals surface area contributed by atoms with E-state index in [1.165, 1.54) is 34.9 Å². The Morgan fingerprint density at radius 3 is 2.41 bits per heavy atom. The Morgan fingerprint density at radius 2 is 1.83 bits per heavy atom. The summed E-state index contributed by atoms with van der Waals surface area (Å²) in [5, 5.41) is 0. The summed E-state index contributed by atoms with van der Waals surface area (Å²) < 4.78 is 36.5. The summed E-state index contributed by atoms with van der Waals surface area (Å²) in [5.41, 5.74) is 1.61. The van der Waals surface area contributed by atoms with Crippen LogP contribution in [0.1, 0.15) is 18.1 Å². The van der Waals surface area contributed by atoms with Crippen molar-refractivity contribution in [2.45, 2.75) is 18.7 Å². The third kappa shape index (κ3) is 4.80. The van der Waals surface area contributed by atoms with Gasteiger partial charge in [-0.2, -0.15) is 8.42 Å². The second kappa shape index (κ2) is 8.56. The third-order valence-corrected chi connectivity index (χ3v) is 6.79. The van der Waals surface area contributed by atoms with Crippen LogP contribution in [0.15, 0.2) is 52.3 Å². The van der Waals surface area contributed by atoms with Gasteiger partial charge in [0.05, 0.1) is 11.5 Å². The maximum absolute atomic E-state index is 12.6. The largest absolute Gasteiger partial charge is 0.490 e. The lowest BCUT2D eigenvalue weighted by Gasteiger charge is -2.13. The Kier molecular flexibility index (Phi) is 6.30. The smallest absolute Gasteiger partial charge is 0.339 e. The van der Waals surface area contributed by atoms with Crippen LogP contribution in [0.3, 0.4) is 0 Å². The Labute approximate surface area is 179 Å². The molecule has 0 saturated carbocycles. The summed E-state index contributed by atoms with van der Waals surface area (Å²) in [6.45, 7) is 3.98. The zero-order chi connectivity index (χ0) is 21.2. The van der Waals surface area contributed by atoms with Gasteiger partial charge < -0.3 is 8.92 Å². The van der Waals surface area contributed by atoms with Gasteiger partial charge in [0.25, 0.3) is 5.91 Å². The highest BCUT2D eigenvalue weighted by molar-refractivity contribution is 8.26. The van der Waals surface area contributed by atoms with E-state index in [4.69, 9.17) is 21.1 Å². The maximum Gasteiger partial charge on any atom is 0.339 e. The summed E-state index contributed by atoms with van der Waals surface area (Å²) in [6, 6.07) is 11.2. The predicted molar refractivity (Wildman–Crippen MR) is 118 cm³/mol. The van der Waals surface area contributed by atoms with Crippen LogP contribution in [0, 0.1) is 6.92 Å². The molecule has 1 saturated heterocycles. The highest BCUT2D eigenvalue weighted by atomic mass is 32.2. The summed E-state index contributed by atoms with van der Waals surface area (Å²) in [7, 11) is -2.38. The van der Waals surface area contributed by atoms with Crippen LogP contribution < -0.4 is 8.92 Å². The zero-order valence-corrected chi connectivity index (χ0v) is 18.5. The second-order valence-electron chi connectivity index (χ2n) is 6.23. The topological polar surface area (TPSA) is 72.9 Å². The third-order valence-electron chi connectivity index (χ3n) is 4.06. The van der Waals surface area contributed by atoms with E-state index in [0.29, 0.717) is 21.4 Å². The lowest BCUT2D eigenvalue weighted by Crippen LogP contribution is -2.22. The Bertz CT molecular complexity index is 1090. The number of nitrogens with zero attached hydrogens (tertiary/aromatic N) is 1. The van der Waals surface area contributed by atoms with Crippen LogP contribution in [0.5, 0.6) is 11.5 Å². The molecule has 1 aliphatic rings. The zero-order valence-electron chi connectivity index (χ0n) is 16.0. The van der Waals surface area contributed by atoms with E-state index in [1.807, 2.05) is 6.92 Å². The van der Waals surface area contributed by atoms with Crippen molar-refractivity contribution >= 4 is 50.4 Å². The molecule has 0 unspecified atom stereocenters. The monoisotopic (exact) mass is 449 g/mol. The molecule has 1 heterocycles. The lowest BCUT2D eigenvalue weighted by molar-refractivity contribution is -0.121. The number of hydrogen-bond acceptors (Lipinski definition) is 7. The average Bonchev–Trinajstić information content (AvgIpc) is 2.91. The molecule has 0 aromatic heterocycles. The van der Waals surface area contributed by atoms with Crippen LogP contribution in [-0.4, -0.2) is 37.2 Å². The van der Waals surface area contributed by atoms with E-state index in [1.54, 1.807) is 44.3 Å². The molecule has 1 amide bonds. The fraction of sp³-hybridized carbons (Fsp3) is 0.200. The molecular formula is C20H19NO5S3. The van der Waals surface area contributed by atoms with Gasteiger partial charge in [0.1, 0.15) is 9.22 Å². The van der Waals surface area contributed by atoms with Crippen LogP contribution in [-0.2, 0) is 14.9 Å². The van der Waals surface area contributed by atoms with Crippen molar-refractivity contribution in [1.29, 1.82) is 0 Å². The Morgan fingerprint density at radius 1 is 1.14 bits per heavy atom. The van der Waals surface area contributed by atoms with Crippen molar-refractivity contribution in [3.8, 4) is 11.5 Å².